The Balaban J connectivity index is 2.42. The maximum Gasteiger partial charge on any atom is 0.144 e. The molecule has 0 saturated carbocycles. The van der Waals surface area contributed by atoms with Crippen molar-refractivity contribution in [3.05, 3.63) is 24.3 Å². The van der Waals surface area contributed by atoms with Crippen LogP contribution in [0.25, 0.3) is 0 Å². The van der Waals surface area contributed by atoms with E-state index in [0.29, 0.717) is 12.6 Å². The summed E-state index contributed by atoms with van der Waals surface area (Å²) in [5.74, 6) is 0. The van der Waals surface area contributed by atoms with Crippen molar-refractivity contribution in [1.82, 2.24) is 0 Å². The lowest BCUT2D eigenvalue weighted by Gasteiger charge is -2.39. The van der Waals surface area contributed by atoms with Crippen LogP contribution in [-0.2, 0) is 4.79 Å². The molecule has 3 heteroatoms. The maximum absolute atomic E-state index is 11.0. The summed E-state index contributed by atoms with van der Waals surface area (Å²) in [6, 6.07) is 8.39. The Labute approximate surface area is 90.1 Å². The fourth-order valence-electron chi connectivity index (χ4n) is 2.11. The number of para-hydroxylation sites is 2. The zero-order valence-corrected chi connectivity index (χ0v) is 9.10. The van der Waals surface area contributed by atoms with E-state index in [2.05, 4.69) is 30.1 Å². The second-order valence-corrected chi connectivity index (χ2v) is 4.10. The van der Waals surface area contributed by atoms with Gasteiger partial charge in [-0.2, -0.15) is 0 Å². The van der Waals surface area contributed by atoms with Crippen molar-refractivity contribution in [1.29, 1.82) is 0 Å². The first-order chi connectivity index (χ1) is 7.24. The van der Waals surface area contributed by atoms with Gasteiger partial charge in [0.05, 0.1) is 11.4 Å². The molecule has 0 spiro atoms. The summed E-state index contributed by atoms with van der Waals surface area (Å²) in [5, 5.41) is 3.28. The fraction of sp³-hybridized carbons (Fsp3) is 0.417. The summed E-state index contributed by atoms with van der Waals surface area (Å²) < 4.78 is 0. The summed E-state index contributed by atoms with van der Waals surface area (Å²) in [5.41, 5.74) is 2.24. The Kier molecular flexibility index (Phi) is 2.62. The highest BCUT2D eigenvalue weighted by Gasteiger charge is 2.26. The number of hydrogen-bond donors (Lipinski definition) is 1. The zero-order valence-electron chi connectivity index (χ0n) is 9.10. The first-order valence-corrected chi connectivity index (χ1v) is 5.30. The van der Waals surface area contributed by atoms with Gasteiger partial charge in [0.25, 0.3) is 0 Å². The van der Waals surface area contributed by atoms with E-state index in [4.69, 9.17) is 0 Å². The van der Waals surface area contributed by atoms with Gasteiger partial charge in [0.15, 0.2) is 0 Å². The molecule has 0 radical (unpaired) electrons. The first kappa shape index (κ1) is 10.0. The summed E-state index contributed by atoms with van der Waals surface area (Å²) in [6.45, 7) is 4.91. The van der Waals surface area contributed by atoms with Crippen LogP contribution in [-0.4, -0.2) is 24.9 Å². The number of anilines is 2. The van der Waals surface area contributed by atoms with Crippen LogP contribution in [0.4, 0.5) is 11.4 Å². The van der Waals surface area contributed by atoms with Gasteiger partial charge in [-0.05, 0) is 26.0 Å². The molecule has 1 aromatic rings. The van der Waals surface area contributed by atoms with Gasteiger partial charge in [-0.15, -0.1) is 0 Å². The summed E-state index contributed by atoms with van der Waals surface area (Å²) >= 11 is 0. The van der Waals surface area contributed by atoms with Crippen LogP contribution < -0.4 is 10.2 Å². The predicted octanol–water partition coefficient (Wildman–Crippen LogP) is 1.89. The lowest BCUT2D eigenvalue weighted by Crippen LogP contribution is -2.48. The molecule has 1 aromatic carbocycles. The molecule has 15 heavy (non-hydrogen) atoms. The number of fused-ring (bicyclic) bond motifs is 1. The standard InChI is InChI=1S/C12H16N2O/c1-9(2)14-10(8-15)7-13-11-5-3-4-6-12(11)14/h3-6,8-10,13H,7H2,1-2H3. The van der Waals surface area contributed by atoms with E-state index < -0.39 is 0 Å². The zero-order chi connectivity index (χ0) is 10.8. The van der Waals surface area contributed by atoms with Crippen LogP contribution in [0.2, 0.25) is 0 Å². The van der Waals surface area contributed by atoms with Crippen LogP contribution in [0.15, 0.2) is 24.3 Å². The Hall–Kier alpha value is -1.51. The normalized spacial score (nSPS) is 19.7. The molecule has 0 fully saturated rings. The van der Waals surface area contributed by atoms with Crippen molar-refractivity contribution >= 4 is 17.7 Å². The quantitative estimate of drug-likeness (QED) is 0.747. The topological polar surface area (TPSA) is 32.3 Å². The Bertz CT molecular complexity index is 362. The minimum absolute atomic E-state index is 0.0556. The SMILES string of the molecule is CC(C)N1c2ccccc2NCC1C=O. The van der Waals surface area contributed by atoms with Crippen molar-refractivity contribution in [2.24, 2.45) is 0 Å². The lowest BCUT2D eigenvalue weighted by molar-refractivity contribution is -0.108. The molecule has 1 unspecified atom stereocenters. The van der Waals surface area contributed by atoms with Gasteiger partial charge in [0, 0.05) is 12.6 Å². The largest absolute Gasteiger partial charge is 0.381 e. The van der Waals surface area contributed by atoms with Gasteiger partial charge in [-0.1, -0.05) is 12.1 Å². The van der Waals surface area contributed by atoms with Crippen LogP contribution in [0.1, 0.15) is 13.8 Å². The monoisotopic (exact) mass is 204 g/mol. The number of nitrogens with zero attached hydrogens (tertiary/aromatic N) is 1. The lowest BCUT2D eigenvalue weighted by atomic mass is 10.1. The van der Waals surface area contributed by atoms with Gasteiger partial charge in [-0.3, -0.25) is 0 Å². The minimum Gasteiger partial charge on any atom is -0.381 e. The number of nitrogens with one attached hydrogen (secondary N) is 1. The third-order valence-corrected chi connectivity index (χ3v) is 2.75. The van der Waals surface area contributed by atoms with E-state index in [0.717, 1.165) is 17.7 Å². The molecule has 1 aliphatic heterocycles. The Morgan fingerprint density at radius 1 is 1.47 bits per heavy atom. The number of aldehydes is 1. The molecule has 1 aliphatic rings. The average molecular weight is 204 g/mol. The van der Waals surface area contributed by atoms with Gasteiger partial charge in [0.1, 0.15) is 12.3 Å². The molecule has 0 aliphatic carbocycles. The molecule has 0 aromatic heterocycles. The number of rotatable bonds is 2. The summed E-state index contributed by atoms with van der Waals surface area (Å²) in [7, 11) is 0. The number of hydrogen-bond acceptors (Lipinski definition) is 3. The van der Waals surface area contributed by atoms with Crippen molar-refractivity contribution < 1.29 is 4.79 Å². The summed E-state index contributed by atoms with van der Waals surface area (Å²) in [6.07, 6.45) is 1.02. The van der Waals surface area contributed by atoms with Crippen LogP contribution in [0.3, 0.4) is 0 Å². The number of carbonyl (C=O) groups excluding carboxylic acids is 1. The molecule has 0 saturated heterocycles. The van der Waals surface area contributed by atoms with Crippen molar-refractivity contribution in [3.8, 4) is 0 Å². The van der Waals surface area contributed by atoms with E-state index in [9.17, 15) is 4.79 Å². The molecular formula is C12H16N2O. The van der Waals surface area contributed by atoms with Crippen molar-refractivity contribution in [3.63, 3.8) is 0 Å². The molecule has 80 valence electrons. The predicted molar refractivity (Wildman–Crippen MR) is 62.4 cm³/mol. The van der Waals surface area contributed by atoms with Crippen LogP contribution in [0.5, 0.6) is 0 Å². The Morgan fingerprint density at radius 3 is 2.87 bits per heavy atom. The third-order valence-electron chi connectivity index (χ3n) is 2.75. The second-order valence-electron chi connectivity index (χ2n) is 4.10. The maximum atomic E-state index is 11.0. The van der Waals surface area contributed by atoms with E-state index in [1.807, 2.05) is 18.2 Å². The highest BCUT2D eigenvalue weighted by atomic mass is 16.1. The van der Waals surface area contributed by atoms with Crippen molar-refractivity contribution in [2.45, 2.75) is 25.9 Å². The van der Waals surface area contributed by atoms with Crippen LogP contribution in [0, 0.1) is 0 Å². The molecule has 2 rings (SSSR count). The molecule has 3 nitrogen and oxygen atoms in total. The minimum atomic E-state index is -0.0556. The van der Waals surface area contributed by atoms with Gasteiger partial charge < -0.3 is 15.0 Å². The van der Waals surface area contributed by atoms with E-state index >= 15 is 0 Å². The van der Waals surface area contributed by atoms with Gasteiger partial charge in [0.2, 0.25) is 0 Å². The first-order valence-electron chi connectivity index (χ1n) is 5.30. The number of benzene rings is 1. The van der Waals surface area contributed by atoms with Gasteiger partial charge in [-0.25, -0.2) is 0 Å². The smallest absolute Gasteiger partial charge is 0.144 e. The third kappa shape index (κ3) is 1.69. The van der Waals surface area contributed by atoms with Crippen LogP contribution >= 0.6 is 0 Å². The fourth-order valence-corrected chi connectivity index (χ4v) is 2.11. The highest BCUT2D eigenvalue weighted by Crippen LogP contribution is 2.31. The molecule has 1 heterocycles. The molecule has 0 bridgehead atoms. The van der Waals surface area contributed by atoms with E-state index in [1.54, 1.807) is 0 Å². The van der Waals surface area contributed by atoms with E-state index in [-0.39, 0.29) is 6.04 Å². The van der Waals surface area contributed by atoms with Gasteiger partial charge >= 0.3 is 0 Å². The Morgan fingerprint density at radius 2 is 2.20 bits per heavy atom. The molecule has 0 amide bonds. The second kappa shape index (κ2) is 3.93. The highest BCUT2D eigenvalue weighted by molar-refractivity contribution is 5.79. The summed E-state index contributed by atoms with van der Waals surface area (Å²) in [4.78, 5) is 13.2. The molecular weight excluding hydrogens is 188 g/mol. The number of carbonyl (C=O) groups is 1. The molecule has 1 atom stereocenters. The van der Waals surface area contributed by atoms with Crippen molar-refractivity contribution in [2.75, 3.05) is 16.8 Å². The van der Waals surface area contributed by atoms with E-state index in [1.165, 1.54) is 0 Å². The average Bonchev–Trinajstić information content (AvgIpc) is 2.27. The molecule has 1 N–H and O–H groups in total.